The minimum Gasteiger partial charge on any atom is -0.497 e. The molecule has 0 saturated carbocycles. The van der Waals surface area contributed by atoms with E-state index in [1.54, 1.807) is 7.11 Å². The van der Waals surface area contributed by atoms with Crippen molar-refractivity contribution in [2.75, 3.05) is 20.2 Å². The molecule has 0 aliphatic carbocycles. The summed E-state index contributed by atoms with van der Waals surface area (Å²) in [4.78, 5) is 15.1. The van der Waals surface area contributed by atoms with E-state index in [1.807, 2.05) is 59.5 Å². The van der Waals surface area contributed by atoms with E-state index in [-0.39, 0.29) is 11.9 Å². The Bertz CT molecular complexity index is 664. The number of carbonyl (C=O) groups excluding carboxylic acids is 1. The molecule has 2 aromatic rings. The van der Waals surface area contributed by atoms with Crippen molar-refractivity contribution in [2.45, 2.75) is 31.8 Å². The van der Waals surface area contributed by atoms with Crippen LogP contribution in [-0.4, -0.2) is 31.0 Å². The van der Waals surface area contributed by atoms with E-state index < -0.39 is 0 Å². The Balaban J connectivity index is 1.72. The molecular weight excluding hydrogens is 312 g/mol. The predicted octanol–water partition coefficient (Wildman–Crippen LogP) is 3.54. The smallest absolute Gasteiger partial charge is 0.244 e. The van der Waals surface area contributed by atoms with E-state index in [0.29, 0.717) is 6.54 Å². The van der Waals surface area contributed by atoms with Gasteiger partial charge in [0.25, 0.3) is 0 Å². The quantitative estimate of drug-likeness (QED) is 0.876. The molecule has 1 atom stereocenters. The third-order valence-corrected chi connectivity index (χ3v) is 4.72. The normalized spacial score (nSPS) is 15.6. The highest BCUT2D eigenvalue weighted by Crippen LogP contribution is 2.20. The number of ether oxygens (including phenoxy) is 1. The topological polar surface area (TPSA) is 41.6 Å². The van der Waals surface area contributed by atoms with Gasteiger partial charge in [-0.2, -0.15) is 0 Å². The highest BCUT2D eigenvalue weighted by Gasteiger charge is 2.26. The van der Waals surface area contributed by atoms with Gasteiger partial charge in [0, 0.05) is 19.6 Å². The number of amides is 1. The number of carbonyl (C=O) groups is 1. The SMILES string of the molecule is COc1ccc(CN[C@@H](C(=O)N2CCCCC2)c2ccccc2)cc1. The summed E-state index contributed by atoms with van der Waals surface area (Å²) < 4.78 is 5.20. The zero-order valence-corrected chi connectivity index (χ0v) is 14.8. The van der Waals surface area contributed by atoms with Crippen molar-refractivity contribution in [1.82, 2.24) is 10.2 Å². The first kappa shape index (κ1) is 17.5. The Labute approximate surface area is 149 Å². The molecule has 4 nitrogen and oxygen atoms in total. The summed E-state index contributed by atoms with van der Waals surface area (Å²) in [6.45, 7) is 2.38. The number of benzene rings is 2. The van der Waals surface area contributed by atoms with Crippen LogP contribution in [0.3, 0.4) is 0 Å². The second-order valence-electron chi connectivity index (χ2n) is 6.46. The van der Waals surface area contributed by atoms with Crippen molar-refractivity contribution in [1.29, 1.82) is 0 Å². The van der Waals surface area contributed by atoms with Crippen LogP contribution in [-0.2, 0) is 11.3 Å². The largest absolute Gasteiger partial charge is 0.497 e. The van der Waals surface area contributed by atoms with Crippen LogP contribution in [0.15, 0.2) is 54.6 Å². The minimum atomic E-state index is -0.304. The van der Waals surface area contributed by atoms with Crippen LogP contribution in [0.4, 0.5) is 0 Å². The van der Waals surface area contributed by atoms with Crippen LogP contribution in [0, 0.1) is 0 Å². The van der Waals surface area contributed by atoms with Gasteiger partial charge in [0.15, 0.2) is 0 Å². The van der Waals surface area contributed by atoms with Crippen LogP contribution in [0.1, 0.15) is 36.4 Å². The first-order valence-electron chi connectivity index (χ1n) is 8.98. The molecule has 0 bridgehead atoms. The Hall–Kier alpha value is -2.33. The van der Waals surface area contributed by atoms with E-state index in [9.17, 15) is 4.79 Å². The van der Waals surface area contributed by atoms with Crippen LogP contribution < -0.4 is 10.1 Å². The molecule has 0 aromatic heterocycles. The van der Waals surface area contributed by atoms with Crippen LogP contribution >= 0.6 is 0 Å². The molecule has 1 amide bonds. The van der Waals surface area contributed by atoms with Gasteiger partial charge in [0.1, 0.15) is 11.8 Å². The summed E-state index contributed by atoms with van der Waals surface area (Å²) in [5.41, 5.74) is 2.15. The summed E-state index contributed by atoms with van der Waals surface area (Å²) in [7, 11) is 1.66. The molecule has 25 heavy (non-hydrogen) atoms. The van der Waals surface area contributed by atoms with Gasteiger partial charge in [0.05, 0.1) is 7.11 Å². The van der Waals surface area contributed by atoms with Crippen LogP contribution in [0.2, 0.25) is 0 Å². The van der Waals surface area contributed by atoms with E-state index in [2.05, 4.69) is 5.32 Å². The molecule has 1 heterocycles. The van der Waals surface area contributed by atoms with E-state index in [4.69, 9.17) is 4.74 Å². The van der Waals surface area contributed by atoms with Crippen LogP contribution in [0.25, 0.3) is 0 Å². The van der Waals surface area contributed by atoms with Gasteiger partial charge >= 0.3 is 0 Å². The highest BCUT2D eigenvalue weighted by atomic mass is 16.5. The second-order valence-corrected chi connectivity index (χ2v) is 6.46. The molecule has 1 N–H and O–H groups in total. The molecule has 0 radical (unpaired) electrons. The maximum atomic E-state index is 13.1. The van der Waals surface area contributed by atoms with Crippen LogP contribution in [0.5, 0.6) is 5.75 Å². The Morgan fingerprint density at radius 1 is 1.04 bits per heavy atom. The van der Waals surface area contributed by atoms with Gasteiger partial charge in [0.2, 0.25) is 5.91 Å². The van der Waals surface area contributed by atoms with Crippen molar-refractivity contribution in [3.8, 4) is 5.75 Å². The zero-order chi connectivity index (χ0) is 17.5. The van der Waals surface area contributed by atoms with E-state index >= 15 is 0 Å². The summed E-state index contributed by atoms with van der Waals surface area (Å²) >= 11 is 0. The summed E-state index contributed by atoms with van der Waals surface area (Å²) in [6, 6.07) is 17.6. The maximum Gasteiger partial charge on any atom is 0.244 e. The average molecular weight is 338 g/mol. The number of likely N-dealkylation sites (tertiary alicyclic amines) is 1. The number of hydrogen-bond donors (Lipinski definition) is 1. The lowest BCUT2D eigenvalue weighted by Crippen LogP contribution is -2.43. The first-order chi connectivity index (χ1) is 12.3. The number of nitrogens with one attached hydrogen (secondary N) is 1. The first-order valence-corrected chi connectivity index (χ1v) is 8.98. The van der Waals surface area contributed by atoms with Gasteiger partial charge in [-0.15, -0.1) is 0 Å². The number of rotatable bonds is 6. The second kappa shape index (κ2) is 8.67. The highest BCUT2D eigenvalue weighted by molar-refractivity contribution is 5.83. The molecule has 1 fully saturated rings. The number of piperidine rings is 1. The fraction of sp³-hybridized carbons (Fsp3) is 0.381. The Morgan fingerprint density at radius 3 is 2.36 bits per heavy atom. The van der Waals surface area contributed by atoms with Gasteiger partial charge < -0.3 is 9.64 Å². The lowest BCUT2D eigenvalue weighted by Gasteiger charge is -2.31. The fourth-order valence-corrected chi connectivity index (χ4v) is 3.25. The number of nitrogens with zero attached hydrogens (tertiary/aromatic N) is 1. The monoisotopic (exact) mass is 338 g/mol. The predicted molar refractivity (Wildman–Crippen MR) is 99.4 cm³/mol. The van der Waals surface area contributed by atoms with Crippen molar-refractivity contribution in [2.24, 2.45) is 0 Å². The molecule has 1 aliphatic rings. The lowest BCUT2D eigenvalue weighted by molar-refractivity contribution is -0.134. The maximum absolute atomic E-state index is 13.1. The molecule has 3 rings (SSSR count). The molecule has 132 valence electrons. The number of methoxy groups -OCH3 is 1. The Morgan fingerprint density at radius 2 is 1.72 bits per heavy atom. The number of hydrogen-bond acceptors (Lipinski definition) is 3. The van der Waals surface area contributed by atoms with E-state index in [1.165, 1.54) is 6.42 Å². The van der Waals surface area contributed by atoms with Crippen molar-refractivity contribution >= 4 is 5.91 Å². The summed E-state index contributed by atoms with van der Waals surface area (Å²) in [6.07, 6.45) is 3.43. The third kappa shape index (κ3) is 4.60. The molecule has 2 aromatic carbocycles. The summed E-state index contributed by atoms with van der Waals surface area (Å²) in [5, 5.41) is 3.45. The van der Waals surface area contributed by atoms with E-state index in [0.717, 1.165) is 42.8 Å². The lowest BCUT2D eigenvalue weighted by atomic mass is 10.0. The molecular formula is C21H26N2O2. The molecule has 4 heteroatoms. The molecule has 0 spiro atoms. The standard InChI is InChI=1S/C21H26N2O2/c1-25-19-12-10-17(11-13-19)16-22-20(18-8-4-2-5-9-18)21(24)23-14-6-3-7-15-23/h2,4-5,8-13,20,22H,3,6-7,14-16H2,1H3/t20-/m1/s1. The molecule has 1 saturated heterocycles. The Kier molecular flexibility index (Phi) is 6.07. The van der Waals surface area contributed by atoms with Gasteiger partial charge in [-0.3, -0.25) is 10.1 Å². The summed E-state index contributed by atoms with van der Waals surface area (Å²) in [5.74, 6) is 1.02. The molecule has 1 aliphatic heterocycles. The van der Waals surface area contributed by atoms with Crippen molar-refractivity contribution in [3.05, 3.63) is 65.7 Å². The average Bonchev–Trinajstić information content (AvgIpc) is 2.70. The van der Waals surface area contributed by atoms with Gasteiger partial charge in [-0.25, -0.2) is 0 Å². The minimum absolute atomic E-state index is 0.180. The van der Waals surface area contributed by atoms with Gasteiger partial charge in [-0.1, -0.05) is 42.5 Å². The third-order valence-electron chi connectivity index (χ3n) is 4.72. The van der Waals surface area contributed by atoms with Gasteiger partial charge in [-0.05, 0) is 42.5 Å². The molecule has 0 unspecified atom stereocenters. The zero-order valence-electron chi connectivity index (χ0n) is 14.8. The van der Waals surface area contributed by atoms with Crippen molar-refractivity contribution < 1.29 is 9.53 Å². The fourth-order valence-electron chi connectivity index (χ4n) is 3.25. The van der Waals surface area contributed by atoms with Crippen molar-refractivity contribution in [3.63, 3.8) is 0 Å².